The summed E-state index contributed by atoms with van der Waals surface area (Å²) in [6.07, 6.45) is 4.02. The Balaban J connectivity index is 1.41. The van der Waals surface area contributed by atoms with E-state index in [1.54, 1.807) is 54.5 Å². The SMILES string of the molecule is COCCc1nc2ccc(C(=O)NCc3cnn(-c4ccc(F)cc4)c3)cc2o1. The van der Waals surface area contributed by atoms with Crippen molar-refractivity contribution in [3.63, 3.8) is 0 Å². The summed E-state index contributed by atoms with van der Waals surface area (Å²) in [5.41, 5.74) is 3.31. The first-order chi connectivity index (χ1) is 14.1. The van der Waals surface area contributed by atoms with Gasteiger partial charge in [0.05, 0.1) is 18.5 Å². The zero-order chi connectivity index (χ0) is 20.2. The van der Waals surface area contributed by atoms with Crippen molar-refractivity contribution < 1.29 is 18.3 Å². The molecule has 8 heteroatoms. The lowest BCUT2D eigenvalue weighted by Crippen LogP contribution is -2.22. The van der Waals surface area contributed by atoms with E-state index >= 15 is 0 Å². The van der Waals surface area contributed by atoms with Gasteiger partial charge in [-0.2, -0.15) is 5.10 Å². The Kier molecular flexibility index (Phi) is 5.35. The van der Waals surface area contributed by atoms with E-state index in [1.165, 1.54) is 12.1 Å². The number of hydrogen-bond donors (Lipinski definition) is 1. The van der Waals surface area contributed by atoms with Crippen LogP contribution >= 0.6 is 0 Å². The molecule has 4 rings (SSSR count). The molecular weight excluding hydrogens is 375 g/mol. The summed E-state index contributed by atoms with van der Waals surface area (Å²) in [5, 5.41) is 7.10. The van der Waals surface area contributed by atoms with E-state index < -0.39 is 0 Å². The number of oxazole rings is 1. The fourth-order valence-corrected chi connectivity index (χ4v) is 2.88. The molecule has 2 aromatic carbocycles. The summed E-state index contributed by atoms with van der Waals surface area (Å²) in [6.45, 7) is 0.833. The van der Waals surface area contributed by atoms with Crippen LogP contribution < -0.4 is 5.32 Å². The molecule has 29 heavy (non-hydrogen) atoms. The lowest BCUT2D eigenvalue weighted by molar-refractivity contribution is 0.0951. The lowest BCUT2D eigenvalue weighted by Gasteiger charge is -2.03. The number of amides is 1. The third-order valence-electron chi connectivity index (χ3n) is 4.40. The van der Waals surface area contributed by atoms with Crippen LogP contribution in [-0.4, -0.2) is 34.4 Å². The van der Waals surface area contributed by atoms with Crippen LogP contribution in [0.15, 0.2) is 59.3 Å². The molecule has 0 fully saturated rings. The molecule has 0 spiro atoms. The van der Waals surface area contributed by atoms with Crippen LogP contribution in [0.25, 0.3) is 16.8 Å². The molecule has 0 saturated heterocycles. The van der Waals surface area contributed by atoms with Crippen LogP contribution in [0.5, 0.6) is 0 Å². The van der Waals surface area contributed by atoms with Crippen molar-refractivity contribution in [2.45, 2.75) is 13.0 Å². The van der Waals surface area contributed by atoms with E-state index in [-0.39, 0.29) is 11.7 Å². The predicted octanol–water partition coefficient (Wildman–Crippen LogP) is 3.27. The van der Waals surface area contributed by atoms with Crippen molar-refractivity contribution in [1.82, 2.24) is 20.1 Å². The molecule has 4 aromatic rings. The molecule has 2 aromatic heterocycles. The highest BCUT2D eigenvalue weighted by molar-refractivity contribution is 5.96. The first-order valence-corrected chi connectivity index (χ1v) is 9.08. The number of nitrogens with one attached hydrogen (secondary N) is 1. The zero-order valence-corrected chi connectivity index (χ0v) is 15.8. The summed E-state index contributed by atoms with van der Waals surface area (Å²) in [6, 6.07) is 11.2. The van der Waals surface area contributed by atoms with E-state index in [0.29, 0.717) is 42.1 Å². The van der Waals surface area contributed by atoms with Gasteiger partial charge < -0.3 is 14.5 Å². The third-order valence-corrected chi connectivity index (χ3v) is 4.40. The number of rotatable bonds is 7. The lowest BCUT2D eigenvalue weighted by atomic mass is 10.2. The minimum Gasteiger partial charge on any atom is -0.441 e. The smallest absolute Gasteiger partial charge is 0.251 e. The van der Waals surface area contributed by atoms with Gasteiger partial charge in [-0.3, -0.25) is 4.79 Å². The summed E-state index contributed by atoms with van der Waals surface area (Å²) in [4.78, 5) is 16.9. The number of methoxy groups -OCH3 is 1. The number of hydrogen-bond acceptors (Lipinski definition) is 5. The minimum atomic E-state index is -0.303. The van der Waals surface area contributed by atoms with Gasteiger partial charge in [0.25, 0.3) is 5.91 Å². The first kappa shape index (κ1) is 18.8. The van der Waals surface area contributed by atoms with Crippen molar-refractivity contribution in [3.8, 4) is 5.69 Å². The van der Waals surface area contributed by atoms with Crippen LogP contribution in [0, 0.1) is 5.82 Å². The molecule has 1 amide bonds. The highest BCUT2D eigenvalue weighted by atomic mass is 19.1. The standard InChI is InChI=1S/C21H19FN4O3/c1-28-9-8-20-25-18-7-2-15(10-19(18)29-20)21(27)23-11-14-12-24-26(13-14)17-5-3-16(22)4-6-17/h2-7,10,12-13H,8-9,11H2,1H3,(H,23,27). The number of ether oxygens (including phenoxy) is 1. The molecule has 2 heterocycles. The maximum atomic E-state index is 13.0. The summed E-state index contributed by atoms with van der Waals surface area (Å²) < 4.78 is 25.4. The molecule has 0 radical (unpaired) electrons. The summed E-state index contributed by atoms with van der Waals surface area (Å²) in [5.74, 6) is 0.0480. The highest BCUT2D eigenvalue weighted by Gasteiger charge is 2.11. The van der Waals surface area contributed by atoms with E-state index in [0.717, 1.165) is 11.3 Å². The van der Waals surface area contributed by atoms with Gasteiger partial charge in [0.15, 0.2) is 11.5 Å². The minimum absolute atomic E-state index is 0.226. The molecule has 148 valence electrons. The van der Waals surface area contributed by atoms with Gasteiger partial charge in [0, 0.05) is 37.4 Å². The Labute approximate surface area is 166 Å². The number of aromatic nitrogens is 3. The van der Waals surface area contributed by atoms with Crippen LogP contribution in [0.3, 0.4) is 0 Å². The molecule has 0 unspecified atom stereocenters. The fourth-order valence-electron chi connectivity index (χ4n) is 2.88. The second kappa shape index (κ2) is 8.24. The Morgan fingerprint density at radius 1 is 1.24 bits per heavy atom. The van der Waals surface area contributed by atoms with Crippen molar-refractivity contribution in [1.29, 1.82) is 0 Å². The van der Waals surface area contributed by atoms with E-state index in [1.807, 2.05) is 0 Å². The molecule has 0 aliphatic carbocycles. The summed E-state index contributed by atoms with van der Waals surface area (Å²) >= 11 is 0. The Morgan fingerprint density at radius 2 is 2.07 bits per heavy atom. The molecule has 0 saturated carbocycles. The van der Waals surface area contributed by atoms with Crippen LogP contribution in [0.4, 0.5) is 4.39 Å². The average molecular weight is 394 g/mol. The zero-order valence-electron chi connectivity index (χ0n) is 15.8. The molecule has 1 N–H and O–H groups in total. The van der Waals surface area contributed by atoms with Crippen LogP contribution in [0.1, 0.15) is 21.8 Å². The second-order valence-corrected chi connectivity index (χ2v) is 6.49. The van der Waals surface area contributed by atoms with E-state index in [4.69, 9.17) is 9.15 Å². The van der Waals surface area contributed by atoms with Crippen LogP contribution in [0.2, 0.25) is 0 Å². The third kappa shape index (κ3) is 4.33. The molecule has 0 aliphatic rings. The van der Waals surface area contributed by atoms with Gasteiger partial charge in [-0.25, -0.2) is 14.1 Å². The molecule has 0 bridgehead atoms. The van der Waals surface area contributed by atoms with Crippen molar-refractivity contribution >= 4 is 17.0 Å². The number of nitrogens with zero attached hydrogens (tertiary/aromatic N) is 3. The number of carbonyl (C=O) groups is 1. The van der Waals surface area contributed by atoms with E-state index in [9.17, 15) is 9.18 Å². The number of benzene rings is 2. The van der Waals surface area contributed by atoms with E-state index in [2.05, 4.69) is 15.4 Å². The Bertz CT molecular complexity index is 1130. The van der Waals surface area contributed by atoms with Gasteiger partial charge in [-0.1, -0.05) is 0 Å². The normalized spacial score (nSPS) is 11.1. The average Bonchev–Trinajstić information content (AvgIpc) is 3.37. The molecule has 7 nitrogen and oxygen atoms in total. The molecular formula is C21H19FN4O3. The number of carbonyl (C=O) groups excluding carboxylic acids is 1. The van der Waals surface area contributed by atoms with Crippen molar-refractivity contribution in [2.75, 3.05) is 13.7 Å². The van der Waals surface area contributed by atoms with Gasteiger partial charge in [0.1, 0.15) is 11.3 Å². The Morgan fingerprint density at radius 3 is 2.86 bits per heavy atom. The van der Waals surface area contributed by atoms with Crippen molar-refractivity contribution in [2.24, 2.45) is 0 Å². The predicted molar refractivity (Wildman–Crippen MR) is 104 cm³/mol. The second-order valence-electron chi connectivity index (χ2n) is 6.49. The fraction of sp³-hybridized carbons (Fsp3) is 0.190. The maximum absolute atomic E-state index is 13.0. The van der Waals surface area contributed by atoms with Gasteiger partial charge >= 0.3 is 0 Å². The quantitative estimate of drug-likeness (QED) is 0.520. The summed E-state index contributed by atoms with van der Waals surface area (Å²) in [7, 11) is 1.62. The van der Waals surface area contributed by atoms with Gasteiger partial charge in [0.2, 0.25) is 0 Å². The Hall–Kier alpha value is -3.52. The van der Waals surface area contributed by atoms with Crippen LogP contribution in [-0.2, 0) is 17.7 Å². The monoisotopic (exact) mass is 394 g/mol. The van der Waals surface area contributed by atoms with Crippen molar-refractivity contribution in [3.05, 3.63) is 77.7 Å². The first-order valence-electron chi connectivity index (χ1n) is 9.08. The molecule has 0 atom stereocenters. The number of fused-ring (bicyclic) bond motifs is 1. The van der Waals surface area contributed by atoms with Gasteiger partial charge in [-0.15, -0.1) is 0 Å². The molecule has 0 aliphatic heterocycles. The van der Waals surface area contributed by atoms with Gasteiger partial charge in [-0.05, 0) is 42.5 Å². The highest BCUT2D eigenvalue weighted by Crippen LogP contribution is 2.18. The number of halogens is 1. The topological polar surface area (TPSA) is 82.2 Å². The largest absolute Gasteiger partial charge is 0.441 e. The maximum Gasteiger partial charge on any atom is 0.251 e.